The number of amides is 1. The molecule has 1 N–H and O–H groups in total. The molecule has 0 bridgehead atoms. The molecule has 0 aliphatic rings. The van der Waals surface area contributed by atoms with Crippen molar-refractivity contribution in [3.63, 3.8) is 0 Å². The van der Waals surface area contributed by atoms with Crippen molar-refractivity contribution in [2.75, 3.05) is 65.2 Å². The highest BCUT2D eigenvalue weighted by atomic mass is 32.2. The fraction of sp³-hybridized carbons (Fsp3) is 0.444. The van der Waals surface area contributed by atoms with Gasteiger partial charge in [-0.15, -0.1) is 6.42 Å². The summed E-state index contributed by atoms with van der Waals surface area (Å²) in [6.45, 7) is 5.16. The average molecular weight is 547 g/mol. The molecule has 1 aromatic carbocycles. The normalized spacial score (nSPS) is 11.2. The van der Waals surface area contributed by atoms with Gasteiger partial charge >= 0.3 is 0 Å². The lowest BCUT2D eigenvalue weighted by Gasteiger charge is -2.08. The van der Waals surface area contributed by atoms with Crippen LogP contribution in [0.2, 0.25) is 0 Å². The van der Waals surface area contributed by atoms with E-state index in [-0.39, 0.29) is 48.0 Å². The Morgan fingerprint density at radius 2 is 1.47 bits per heavy atom. The number of sulfone groups is 1. The third-order valence-electron chi connectivity index (χ3n) is 5.13. The van der Waals surface area contributed by atoms with Crippen LogP contribution in [0.25, 0.3) is 0 Å². The second kappa shape index (κ2) is 17.4. The maximum atomic E-state index is 12.6. The number of nitrogens with zero attached hydrogens (tertiary/aromatic N) is 1. The van der Waals surface area contributed by atoms with Gasteiger partial charge in [0.25, 0.3) is 5.91 Å². The highest BCUT2D eigenvalue weighted by Crippen LogP contribution is 2.15. The SMILES string of the molecule is C#CCOCCOCCOCCOCCNC(=O)c1cncc(C(=O)CCS(=O)(=O)c2ccc(C)cc2)c1. The van der Waals surface area contributed by atoms with Gasteiger partial charge < -0.3 is 24.3 Å². The van der Waals surface area contributed by atoms with Gasteiger partial charge in [-0.25, -0.2) is 8.42 Å². The van der Waals surface area contributed by atoms with Crippen molar-refractivity contribution in [2.45, 2.75) is 18.2 Å². The van der Waals surface area contributed by atoms with Gasteiger partial charge in [0.1, 0.15) is 6.61 Å². The summed E-state index contributed by atoms with van der Waals surface area (Å²) in [5.41, 5.74) is 1.32. The van der Waals surface area contributed by atoms with Crippen LogP contribution in [0.1, 0.15) is 32.7 Å². The number of aromatic nitrogens is 1. The zero-order valence-corrected chi connectivity index (χ0v) is 22.3. The third-order valence-corrected chi connectivity index (χ3v) is 6.87. The predicted octanol–water partition coefficient (Wildman–Crippen LogP) is 1.87. The third kappa shape index (κ3) is 11.9. The van der Waals surface area contributed by atoms with Crippen molar-refractivity contribution in [3.05, 3.63) is 59.4 Å². The number of Topliss-reactive ketones (excluding diaryl/α,β-unsaturated/α-hetero) is 1. The summed E-state index contributed by atoms with van der Waals surface area (Å²) in [6, 6.07) is 7.87. The van der Waals surface area contributed by atoms with E-state index in [2.05, 4.69) is 16.2 Å². The number of hydrogen-bond acceptors (Lipinski definition) is 9. The molecule has 0 atom stereocenters. The Bertz CT molecular complexity index is 1160. The number of carbonyl (C=O) groups is 2. The Labute approximate surface area is 223 Å². The highest BCUT2D eigenvalue weighted by molar-refractivity contribution is 7.91. The molecule has 11 heteroatoms. The first kappa shape index (κ1) is 31.1. The van der Waals surface area contributed by atoms with Crippen LogP contribution in [-0.4, -0.2) is 90.2 Å². The molecule has 10 nitrogen and oxygen atoms in total. The van der Waals surface area contributed by atoms with Crippen LogP contribution in [-0.2, 0) is 28.8 Å². The summed E-state index contributed by atoms with van der Waals surface area (Å²) in [6.07, 6.45) is 7.51. The number of ketones is 1. The number of hydrogen-bond donors (Lipinski definition) is 1. The van der Waals surface area contributed by atoms with E-state index in [4.69, 9.17) is 25.4 Å². The van der Waals surface area contributed by atoms with E-state index in [1.54, 1.807) is 12.1 Å². The molecular formula is C27H34N2O8S. The second-order valence-corrected chi connectivity index (χ2v) is 10.2. The second-order valence-electron chi connectivity index (χ2n) is 8.12. The Kier molecular flexibility index (Phi) is 14.2. The van der Waals surface area contributed by atoms with E-state index in [9.17, 15) is 18.0 Å². The number of pyridine rings is 1. The van der Waals surface area contributed by atoms with Gasteiger partial charge in [-0.3, -0.25) is 14.6 Å². The largest absolute Gasteiger partial charge is 0.377 e. The molecule has 2 rings (SSSR count). The van der Waals surface area contributed by atoms with Crippen molar-refractivity contribution in [3.8, 4) is 12.3 Å². The minimum Gasteiger partial charge on any atom is -0.377 e. The van der Waals surface area contributed by atoms with Crippen molar-refractivity contribution < 1.29 is 37.0 Å². The molecule has 38 heavy (non-hydrogen) atoms. The highest BCUT2D eigenvalue weighted by Gasteiger charge is 2.18. The van der Waals surface area contributed by atoms with E-state index in [1.807, 2.05) is 6.92 Å². The summed E-state index contributed by atoms with van der Waals surface area (Å²) in [5.74, 6) is 1.22. The number of carbonyl (C=O) groups excluding carboxylic acids is 2. The molecule has 206 valence electrons. The van der Waals surface area contributed by atoms with Crippen LogP contribution in [0, 0.1) is 19.3 Å². The van der Waals surface area contributed by atoms with Gasteiger partial charge in [-0.2, -0.15) is 0 Å². The van der Waals surface area contributed by atoms with Crippen LogP contribution in [0.15, 0.2) is 47.6 Å². The van der Waals surface area contributed by atoms with E-state index in [1.165, 1.54) is 30.6 Å². The van der Waals surface area contributed by atoms with E-state index in [0.717, 1.165) is 5.56 Å². The number of aryl methyl sites for hydroxylation is 1. The molecule has 0 unspecified atom stereocenters. The van der Waals surface area contributed by atoms with Crippen LogP contribution in [0.4, 0.5) is 0 Å². The van der Waals surface area contributed by atoms with Crippen molar-refractivity contribution in [2.24, 2.45) is 0 Å². The summed E-state index contributed by atoms with van der Waals surface area (Å²) >= 11 is 0. The number of ether oxygens (including phenoxy) is 4. The van der Waals surface area contributed by atoms with Gasteiger partial charge in [0, 0.05) is 30.9 Å². The average Bonchev–Trinajstić information content (AvgIpc) is 2.92. The topological polar surface area (TPSA) is 130 Å². The number of rotatable bonds is 19. The molecule has 0 aliphatic heterocycles. The van der Waals surface area contributed by atoms with Crippen LogP contribution in [0.3, 0.4) is 0 Å². The lowest BCUT2D eigenvalue weighted by Crippen LogP contribution is -2.28. The van der Waals surface area contributed by atoms with Gasteiger partial charge in [0.15, 0.2) is 15.6 Å². The van der Waals surface area contributed by atoms with Gasteiger partial charge in [-0.1, -0.05) is 23.6 Å². The zero-order chi connectivity index (χ0) is 27.6. The molecular weight excluding hydrogens is 512 g/mol. The first-order valence-electron chi connectivity index (χ1n) is 12.1. The lowest BCUT2D eigenvalue weighted by atomic mass is 10.1. The molecule has 0 saturated heterocycles. The minimum absolute atomic E-state index is 0.170. The molecule has 0 aliphatic carbocycles. The molecule has 1 amide bonds. The smallest absolute Gasteiger partial charge is 0.252 e. The van der Waals surface area contributed by atoms with Gasteiger partial charge in [-0.05, 0) is 25.1 Å². The molecule has 0 fully saturated rings. The van der Waals surface area contributed by atoms with Crippen LogP contribution >= 0.6 is 0 Å². The Hall–Kier alpha value is -3.14. The standard InChI is InChI=1S/C27H34N2O8S/c1-3-10-34-12-14-36-16-17-37-15-13-35-11-9-29-27(31)24-19-23(20-28-21-24)26(30)8-18-38(32,33)25-6-4-22(2)5-7-25/h1,4-7,19-21H,8-18H2,2H3,(H,29,31). The molecule has 1 aromatic heterocycles. The van der Waals surface area contributed by atoms with Crippen molar-refractivity contribution >= 4 is 21.5 Å². The van der Waals surface area contributed by atoms with Gasteiger partial charge in [0.2, 0.25) is 0 Å². The first-order chi connectivity index (χ1) is 18.3. The maximum Gasteiger partial charge on any atom is 0.252 e. The minimum atomic E-state index is -3.60. The Balaban J connectivity index is 1.62. The Morgan fingerprint density at radius 3 is 2.11 bits per heavy atom. The van der Waals surface area contributed by atoms with E-state index in [0.29, 0.717) is 39.6 Å². The van der Waals surface area contributed by atoms with E-state index >= 15 is 0 Å². The van der Waals surface area contributed by atoms with Crippen LogP contribution in [0.5, 0.6) is 0 Å². The summed E-state index contributed by atoms with van der Waals surface area (Å²) in [5, 5.41) is 2.69. The number of benzene rings is 1. The fourth-order valence-electron chi connectivity index (χ4n) is 3.08. The fourth-order valence-corrected chi connectivity index (χ4v) is 4.32. The summed E-state index contributed by atoms with van der Waals surface area (Å²) in [7, 11) is -3.60. The lowest BCUT2D eigenvalue weighted by molar-refractivity contribution is 0.00175. The van der Waals surface area contributed by atoms with Crippen molar-refractivity contribution in [1.82, 2.24) is 10.3 Å². The van der Waals surface area contributed by atoms with Crippen molar-refractivity contribution in [1.29, 1.82) is 0 Å². The first-order valence-corrected chi connectivity index (χ1v) is 13.8. The molecule has 0 spiro atoms. The summed E-state index contributed by atoms with van der Waals surface area (Å²) in [4.78, 5) is 29.1. The molecule has 2 aromatic rings. The Morgan fingerprint density at radius 1 is 0.895 bits per heavy atom. The quantitative estimate of drug-likeness (QED) is 0.159. The van der Waals surface area contributed by atoms with Crippen LogP contribution < -0.4 is 5.32 Å². The zero-order valence-electron chi connectivity index (χ0n) is 21.5. The number of nitrogens with one attached hydrogen (secondary N) is 1. The van der Waals surface area contributed by atoms with E-state index < -0.39 is 21.5 Å². The molecule has 1 heterocycles. The monoisotopic (exact) mass is 546 g/mol. The number of terminal acetylenes is 1. The molecule has 0 radical (unpaired) electrons. The maximum absolute atomic E-state index is 12.6. The molecule has 0 saturated carbocycles. The van der Waals surface area contributed by atoms with Gasteiger partial charge in [0.05, 0.1) is 62.5 Å². The predicted molar refractivity (Wildman–Crippen MR) is 141 cm³/mol. The summed E-state index contributed by atoms with van der Waals surface area (Å²) < 4.78 is 46.2.